The highest BCUT2D eigenvalue weighted by molar-refractivity contribution is 6.30. The summed E-state index contributed by atoms with van der Waals surface area (Å²) in [6.45, 7) is 3.27. The van der Waals surface area contributed by atoms with Gasteiger partial charge in [-0.2, -0.15) is 0 Å². The smallest absolute Gasteiger partial charge is 0.150 e. The van der Waals surface area contributed by atoms with Crippen molar-refractivity contribution in [3.8, 4) is 11.4 Å². The molecule has 0 fully saturated rings. The van der Waals surface area contributed by atoms with Gasteiger partial charge in [-0.1, -0.05) is 18.5 Å². The summed E-state index contributed by atoms with van der Waals surface area (Å²) in [6.07, 6.45) is 5.79. The highest BCUT2D eigenvalue weighted by Gasteiger charge is 2.22. The van der Waals surface area contributed by atoms with Gasteiger partial charge in [-0.15, -0.1) is 0 Å². The van der Waals surface area contributed by atoms with E-state index in [9.17, 15) is 0 Å². The maximum Gasteiger partial charge on any atom is 0.150 e. The molecule has 0 aliphatic carbocycles. The average molecular weight is 248 g/mol. The van der Waals surface area contributed by atoms with Crippen LogP contribution in [0.3, 0.4) is 0 Å². The summed E-state index contributed by atoms with van der Waals surface area (Å²) in [5.41, 5.74) is 2.26. The fourth-order valence-corrected chi connectivity index (χ4v) is 2.65. The van der Waals surface area contributed by atoms with Crippen molar-refractivity contribution in [2.45, 2.75) is 26.3 Å². The lowest BCUT2D eigenvalue weighted by Gasteiger charge is -2.22. The van der Waals surface area contributed by atoms with E-state index in [4.69, 9.17) is 11.6 Å². The summed E-state index contributed by atoms with van der Waals surface area (Å²) in [7, 11) is 0. The number of halogens is 1. The molecule has 2 aromatic rings. The van der Waals surface area contributed by atoms with Crippen molar-refractivity contribution < 1.29 is 0 Å². The van der Waals surface area contributed by atoms with E-state index in [1.54, 1.807) is 12.4 Å². The number of pyridine rings is 1. The minimum atomic E-state index is 0.656. The van der Waals surface area contributed by atoms with E-state index in [0.29, 0.717) is 11.1 Å². The first-order valence-corrected chi connectivity index (χ1v) is 6.29. The monoisotopic (exact) mass is 247 g/mol. The molecule has 1 atom stereocenters. The van der Waals surface area contributed by atoms with Crippen LogP contribution in [0.1, 0.15) is 19.0 Å². The van der Waals surface area contributed by atoms with Crippen molar-refractivity contribution in [3.63, 3.8) is 0 Å². The number of fused-ring (bicyclic) bond motifs is 1. The van der Waals surface area contributed by atoms with Gasteiger partial charge in [0.1, 0.15) is 5.82 Å². The summed E-state index contributed by atoms with van der Waals surface area (Å²) < 4.78 is 2.25. The van der Waals surface area contributed by atoms with E-state index in [-0.39, 0.29) is 0 Å². The van der Waals surface area contributed by atoms with E-state index in [1.165, 1.54) is 12.1 Å². The molecule has 0 saturated carbocycles. The second-order valence-corrected chi connectivity index (χ2v) is 5.02. The van der Waals surface area contributed by atoms with Crippen LogP contribution in [0, 0.1) is 5.92 Å². The fourth-order valence-electron chi connectivity index (χ4n) is 2.40. The molecular weight excluding hydrogens is 234 g/mol. The molecule has 3 heterocycles. The van der Waals surface area contributed by atoms with E-state index in [2.05, 4.69) is 21.5 Å². The molecule has 3 nitrogen and oxygen atoms in total. The molecule has 0 saturated heterocycles. The standard InChI is InChI=1S/C13H14ClN3/c1-9-4-7-17-11(8-9)12(14)16-13(17)10-2-5-15-6-3-10/h2-3,5-6,9H,4,7-8H2,1H3. The summed E-state index contributed by atoms with van der Waals surface area (Å²) >= 11 is 6.23. The highest BCUT2D eigenvalue weighted by atomic mass is 35.5. The maximum absolute atomic E-state index is 6.23. The fraction of sp³-hybridized carbons (Fsp3) is 0.385. The third kappa shape index (κ3) is 1.84. The van der Waals surface area contributed by atoms with Crippen LogP contribution in [-0.2, 0) is 13.0 Å². The summed E-state index contributed by atoms with van der Waals surface area (Å²) in [5, 5.41) is 0.656. The Morgan fingerprint density at radius 2 is 2.12 bits per heavy atom. The Bertz CT molecular complexity index is 533. The lowest BCUT2D eigenvalue weighted by molar-refractivity contribution is 0.419. The second-order valence-electron chi connectivity index (χ2n) is 4.66. The van der Waals surface area contributed by atoms with Crippen LogP contribution in [0.15, 0.2) is 24.5 Å². The first-order chi connectivity index (χ1) is 8.25. The van der Waals surface area contributed by atoms with E-state index >= 15 is 0 Å². The lowest BCUT2D eigenvalue weighted by Crippen LogP contribution is -2.17. The summed E-state index contributed by atoms with van der Waals surface area (Å²) in [5.74, 6) is 1.67. The van der Waals surface area contributed by atoms with E-state index in [1.807, 2.05) is 12.1 Å². The molecule has 0 radical (unpaired) electrons. The van der Waals surface area contributed by atoms with Gasteiger partial charge in [0, 0.05) is 24.5 Å². The molecule has 1 aliphatic heterocycles. The number of hydrogen-bond donors (Lipinski definition) is 0. The predicted molar refractivity (Wildman–Crippen MR) is 68.0 cm³/mol. The van der Waals surface area contributed by atoms with Gasteiger partial charge in [-0.25, -0.2) is 4.98 Å². The van der Waals surface area contributed by atoms with E-state index < -0.39 is 0 Å². The second kappa shape index (κ2) is 4.15. The minimum Gasteiger partial charge on any atom is -0.327 e. The predicted octanol–water partition coefficient (Wildman–Crippen LogP) is 3.18. The van der Waals surface area contributed by atoms with Crippen molar-refractivity contribution in [2.75, 3.05) is 0 Å². The molecule has 1 unspecified atom stereocenters. The van der Waals surface area contributed by atoms with Crippen molar-refractivity contribution >= 4 is 11.6 Å². The van der Waals surface area contributed by atoms with Gasteiger partial charge in [0.25, 0.3) is 0 Å². The number of rotatable bonds is 1. The Labute approximate surface area is 105 Å². The third-order valence-electron chi connectivity index (χ3n) is 3.35. The maximum atomic E-state index is 6.23. The molecule has 0 amide bonds. The minimum absolute atomic E-state index is 0.656. The Morgan fingerprint density at radius 1 is 1.35 bits per heavy atom. The molecule has 0 aromatic carbocycles. The van der Waals surface area contributed by atoms with Crippen LogP contribution in [-0.4, -0.2) is 14.5 Å². The zero-order valence-electron chi connectivity index (χ0n) is 9.73. The van der Waals surface area contributed by atoms with Gasteiger partial charge < -0.3 is 4.57 Å². The normalized spacial score (nSPS) is 19.1. The molecule has 0 spiro atoms. The van der Waals surface area contributed by atoms with Gasteiger partial charge in [0.2, 0.25) is 0 Å². The van der Waals surface area contributed by atoms with Crippen LogP contribution >= 0.6 is 11.6 Å². The number of hydrogen-bond acceptors (Lipinski definition) is 2. The van der Waals surface area contributed by atoms with Crippen LogP contribution in [0.4, 0.5) is 0 Å². The number of imidazole rings is 1. The molecule has 3 rings (SSSR count). The van der Waals surface area contributed by atoms with Gasteiger partial charge in [0.15, 0.2) is 5.15 Å². The van der Waals surface area contributed by atoms with Crippen LogP contribution in [0.5, 0.6) is 0 Å². The van der Waals surface area contributed by atoms with Crippen molar-refractivity contribution in [1.29, 1.82) is 0 Å². The molecule has 2 aromatic heterocycles. The molecule has 0 bridgehead atoms. The Morgan fingerprint density at radius 3 is 2.88 bits per heavy atom. The molecule has 88 valence electrons. The molecular formula is C13H14ClN3. The van der Waals surface area contributed by atoms with Crippen molar-refractivity contribution in [3.05, 3.63) is 35.4 Å². The highest BCUT2D eigenvalue weighted by Crippen LogP contribution is 2.31. The van der Waals surface area contributed by atoms with Gasteiger partial charge >= 0.3 is 0 Å². The Hall–Kier alpha value is -1.35. The molecule has 1 aliphatic rings. The van der Waals surface area contributed by atoms with Crippen LogP contribution < -0.4 is 0 Å². The molecule has 0 N–H and O–H groups in total. The topological polar surface area (TPSA) is 30.7 Å². The third-order valence-corrected chi connectivity index (χ3v) is 3.65. The molecule has 17 heavy (non-hydrogen) atoms. The first kappa shape index (κ1) is 10.8. The largest absolute Gasteiger partial charge is 0.327 e. The zero-order chi connectivity index (χ0) is 11.8. The first-order valence-electron chi connectivity index (χ1n) is 5.91. The summed E-state index contributed by atoms with van der Waals surface area (Å²) in [4.78, 5) is 8.53. The number of nitrogens with zero attached hydrogens (tertiary/aromatic N) is 3. The van der Waals surface area contributed by atoms with Crippen LogP contribution in [0.25, 0.3) is 11.4 Å². The Balaban J connectivity index is 2.11. The zero-order valence-corrected chi connectivity index (χ0v) is 10.5. The van der Waals surface area contributed by atoms with Gasteiger partial charge in [-0.3, -0.25) is 4.98 Å². The quantitative estimate of drug-likeness (QED) is 0.775. The Kier molecular flexibility index (Phi) is 2.63. The van der Waals surface area contributed by atoms with Crippen molar-refractivity contribution in [1.82, 2.24) is 14.5 Å². The number of aromatic nitrogens is 3. The SMILES string of the molecule is CC1CCn2c(-c3ccncc3)nc(Cl)c2C1. The van der Waals surface area contributed by atoms with Gasteiger partial charge in [-0.05, 0) is 30.9 Å². The van der Waals surface area contributed by atoms with Crippen molar-refractivity contribution in [2.24, 2.45) is 5.92 Å². The van der Waals surface area contributed by atoms with Gasteiger partial charge in [0.05, 0.1) is 5.69 Å². The average Bonchev–Trinajstić information content (AvgIpc) is 2.68. The lowest BCUT2D eigenvalue weighted by atomic mass is 9.98. The molecule has 4 heteroatoms. The van der Waals surface area contributed by atoms with Crippen LogP contribution in [0.2, 0.25) is 5.15 Å². The summed E-state index contributed by atoms with van der Waals surface area (Å²) in [6, 6.07) is 3.95. The van der Waals surface area contributed by atoms with E-state index in [0.717, 1.165) is 24.4 Å².